The molecular weight excluding hydrogens is 162 g/mol. The fourth-order valence-corrected chi connectivity index (χ4v) is 1.21. The van der Waals surface area contributed by atoms with E-state index in [1.54, 1.807) is 0 Å². The molecule has 1 rings (SSSR count). The van der Waals surface area contributed by atoms with Crippen molar-refractivity contribution in [2.45, 2.75) is 40.7 Å². The maximum Gasteiger partial charge on any atom is 0.145 e. The zero-order valence-electron chi connectivity index (χ0n) is 8.96. The lowest BCUT2D eigenvalue weighted by Crippen LogP contribution is -2.20. The van der Waals surface area contributed by atoms with Crippen LogP contribution in [-0.2, 0) is 6.54 Å². The second kappa shape index (κ2) is 3.40. The number of nitrogens with two attached hydrogens (primary N) is 1. The Hall–Kier alpha value is -0.990. The predicted molar refractivity (Wildman–Crippen MR) is 55.4 cm³/mol. The Balaban J connectivity index is 2.79. The molecule has 13 heavy (non-hydrogen) atoms. The number of aryl methyl sites for hydroxylation is 1. The van der Waals surface area contributed by atoms with Crippen molar-refractivity contribution in [2.24, 2.45) is 5.41 Å². The average molecular weight is 181 g/mol. The van der Waals surface area contributed by atoms with E-state index >= 15 is 0 Å². The number of nitrogens with zero attached hydrogens (tertiary/aromatic N) is 2. The number of nitrogen functional groups attached to an aromatic ring is 1. The predicted octanol–water partition coefficient (Wildman–Crippen LogP) is 2.21. The lowest BCUT2D eigenvalue weighted by atomic mass is 9.90. The molecule has 0 amide bonds. The van der Waals surface area contributed by atoms with Crippen molar-refractivity contribution in [1.82, 2.24) is 9.78 Å². The van der Waals surface area contributed by atoms with Crippen molar-refractivity contribution in [1.29, 1.82) is 0 Å². The van der Waals surface area contributed by atoms with Crippen LogP contribution in [0.15, 0.2) is 6.07 Å². The van der Waals surface area contributed by atoms with Crippen molar-refractivity contribution < 1.29 is 0 Å². The Kier molecular flexibility index (Phi) is 2.64. The van der Waals surface area contributed by atoms with Gasteiger partial charge in [0.25, 0.3) is 0 Å². The minimum atomic E-state index is 0.295. The molecule has 3 heteroatoms. The van der Waals surface area contributed by atoms with Crippen LogP contribution in [0.5, 0.6) is 0 Å². The summed E-state index contributed by atoms with van der Waals surface area (Å²) in [7, 11) is 0. The normalized spacial score (nSPS) is 12.0. The van der Waals surface area contributed by atoms with E-state index in [9.17, 15) is 0 Å². The molecular formula is C10H19N3. The summed E-state index contributed by atoms with van der Waals surface area (Å²) in [6.07, 6.45) is 1.15. The minimum absolute atomic E-state index is 0.295. The highest BCUT2D eigenvalue weighted by Gasteiger charge is 2.17. The first kappa shape index (κ1) is 10.1. The van der Waals surface area contributed by atoms with Crippen LogP contribution in [0.4, 0.5) is 5.82 Å². The fourth-order valence-electron chi connectivity index (χ4n) is 1.21. The summed E-state index contributed by atoms with van der Waals surface area (Å²) >= 11 is 0. The van der Waals surface area contributed by atoms with Crippen LogP contribution < -0.4 is 5.73 Å². The van der Waals surface area contributed by atoms with Crippen molar-refractivity contribution in [3.8, 4) is 0 Å². The maximum atomic E-state index is 5.61. The van der Waals surface area contributed by atoms with Gasteiger partial charge in [0.1, 0.15) is 5.82 Å². The Morgan fingerprint density at radius 1 is 1.54 bits per heavy atom. The Labute approximate surface area is 79.9 Å². The van der Waals surface area contributed by atoms with Gasteiger partial charge in [-0.25, -0.2) is 0 Å². The maximum absolute atomic E-state index is 5.61. The molecule has 0 atom stereocenters. The van der Waals surface area contributed by atoms with Gasteiger partial charge in [-0.15, -0.1) is 0 Å². The summed E-state index contributed by atoms with van der Waals surface area (Å²) in [5, 5.41) is 4.24. The van der Waals surface area contributed by atoms with Gasteiger partial charge in [-0.3, -0.25) is 4.68 Å². The van der Waals surface area contributed by atoms with Crippen molar-refractivity contribution in [2.75, 3.05) is 5.73 Å². The molecule has 0 bridgehead atoms. The minimum Gasteiger partial charge on any atom is -0.382 e. The van der Waals surface area contributed by atoms with E-state index in [1.807, 2.05) is 17.7 Å². The number of anilines is 1. The van der Waals surface area contributed by atoms with Crippen LogP contribution in [-0.4, -0.2) is 9.78 Å². The third-order valence-electron chi connectivity index (χ3n) is 2.53. The summed E-state index contributed by atoms with van der Waals surface area (Å²) in [6, 6.07) is 1.91. The molecule has 0 aliphatic carbocycles. The molecule has 1 aromatic rings. The van der Waals surface area contributed by atoms with Crippen LogP contribution >= 0.6 is 0 Å². The van der Waals surface area contributed by atoms with Gasteiger partial charge in [-0.1, -0.05) is 20.8 Å². The largest absolute Gasteiger partial charge is 0.382 e. The van der Waals surface area contributed by atoms with Crippen LogP contribution in [0.3, 0.4) is 0 Å². The quantitative estimate of drug-likeness (QED) is 0.777. The second-order valence-electron chi connectivity index (χ2n) is 4.39. The fraction of sp³-hybridized carbons (Fsp3) is 0.700. The molecule has 0 aliphatic heterocycles. The molecule has 1 heterocycles. The molecule has 0 unspecified atom stereocenters. The standard InChI is InChI=1S/C10H19N3/c1-5-10(3,4)7-13-8(2)6-9(11)12-13/h6H,5,7H2,1-4H3,(H2,11,12). The van der Waals surface area contributed by atoms with Crippen LogP contribution in [0.1, 0.15) is 32.9 Å². The first-order valence-electron chi connectivity index (χ1n) is 4.74. The summed E-state index contributed by atoms with van der Waals surface area (Å²) in [5.74, 6) is 0.615. The smallest absolute Gasteiger partial charge is 0.145 e. The van der Waals surface area contributed by atoms with Crippen molar-refractivity contribution in [3.05, 3.63) is 11.8 Å². The highest BCUT2D eigenvalue weighted by Crippen LogP contribution is 2.22. The highest BCUT2D eigenvalue weighted by molar-refractivity contribution is 5.28. The number of hydrogen-bond donors (Lipinski definition) is 1. The van der Waals surface area contributed by atoms with Crippen LogP contribution in [0.25, 0.3) is 0 Å². The molecule has 0 saturated carbocycles. The van der Waals surface area contributed by atoms with Gasteiger partial charge in [0.15, 0.2) is 0 Å². The van der Waals surface area contributed by atoms with Crippen LogP contribution in [0, 0.1) is 12.3 Å². The molecule has 0 spiro atoms. The SMILES string of the molecule is CCC(C)(C)Cn1nc(N)cc1C. The zero-order chi connectivity index (χ0) is 10.1. The van der Waals surface area contributed by atoms with Gasteiger partial charge >= 0.3 is 0 Å². The number of hydrogen-bond acceptors (Lipinski definition) is 2. The summed E-state index contributed by atoms with van der Waals surface area (Å²) in [5.41, 5.74) is 7.04. The third kappa shape index (κ3) is 2.47. The van der Waals surface area contributed by atoms with Gasteiger partial charge < -0.3 is 5.73 Å². The topological polar surface area (TPSA) is 43.8 Å². The van der Waals surface area contributed by atoms with E-state index < -0.39 is 0 Å². The molecule has 2 N–H and O–H groups in total. The van der Waals surface area contributed by atoms with E-state index in [-0.39, 0.29) is 0 Å². The van der Waals surface area contributed by atoms with Gasteiger partial charge in [-0.2, -0.15) is 5.10 Å². The Morgan fingerprint density at radius 2 is 2.15 bits per heavy atom. The number of rotatable bonds is 3. The summed E-state index contributed by atoms with van der Waals surface area (Å²) < 4.78 is 1.98. The van der Waals surface area contributed by atoms with E-state index in [0.717, 1.165) is 18.7 Å². The van der Waals surface area contributed by atoms with Gasteiger partial charge in [0.2, 0.25) is 0 Å². The molecule has 3 nitrogen and oxygen atoms in total. The molecule has 1 aromatic heterocycles. The molecule has 0 fully saturated rings. The zero-order valence-corrected chi connectivity index (χ0v) is 8.96. The lowest BCUT2D eigenvalue weighted by Gasteiger charge is -2.22. The van der Waals surface area contributed by atoms with E-state index in [4.69, 9.17) is 5.73 Å². The van der Waals surface area contributed by atoms with Gasteiger partial charge in [0.05, 0.1) is 0 Å². The monoisotopic (exact) mass is 181 g/mol. The molecule has 0 aliphatic rings. The highest BCUT2D eigenvalue weighted by atomic mass is 15.3. The summed E-state index contributed by atoms with van der Waals surface area (Å²) in [4.78, 5) is 0. The van der Waals surface area contributed by atoms with Crippen molar-refractivity contribution >= 4 is 5.82 Å². The van der Waals surface area contributed by atoms with Crippen molar-refractivity contribution in [3.63, 3.8) is 0 Å². The Bertz CT molecular complexity index is 286. The number of aromatic nitrogens is 2. The first-order valence-corrected chi connectivity index (χ1v) is 4.74. The average Bonchev–Trinajstić information content (AvgIpc) is 2.30. The molecule has 0 radical (unpaired) electrons. The molecule has 0 aromatic carbocycles. The van der Waals surface area contributed by atoms with Gasteiger partial charge in [0, 0.05) is 18.3 Å². The second-order valence-corrected chi connectivity index (χ2v) is 4.39. The Morgan fingerprint density at radius 3 is 2.54 bits per heavy atom. The molecule has 0 saturated heterocycles. The third-order valence-corrected chi connectivity index (χ3v) is 2.53. The molecule has 74 valence electrons. The first-order chi connectivity index (χ1) is 5.94. The van der Waals surface area contributed by atoms with E-state index in [1.165, 1.54) is 0 Å². The lowest BCUT2D eigenvalue weighted by molar-refractivity contribution is 0.278. The summed E-state index contributed by atoms with van der Waals surface area (Å²) in [6.45, 7) is 9.65. The van der Waals surface area contributed by atoms with Gasteiger partial charge in [-0.05, 0) is 18.8 Å². The van der Waals surface area contributed by atoms with Crippen LogP contribution in [0.2, 0.25) is 0 Å². The van der Waals surface area contributed by atoms with E-state index in [0.29, 0.717) is 11.2 Å². The van der Waals surface area contributed by atoms with E-state index in [2.05, 4.69) is 25.9 Å².